The Balaban J connectivity index is 0.00000528. The summed E-state index contributed by atoms with van der Waals surface area (Å²) < 4.78 is 48.8. The molecule has 0 saturated carbocycles. The maximum absolute atomic E-state index is 14.7. The first-order valence-electron chi connectivity index (χ1n) is 20.2. The molecule has 3 heterocycles. The molecule has 0 N–H and O–H groups in total. The number of para-hydroxylation sites is 1. The number of hydrogen-bond donors (Lipinski definition) is 0. The number of pyridine rings is 1. The maximum Gasteiger partial charge on any atom is 0.135 e. The van der Waals surface area contributed by atoms with Crippen LogP contribution in [0.4, 0.5) is 27.1 Å². The number of aryl methyl sites for hydroxylation is 1. The minimum absolute atomic E-state index is 0. The number of nitrogens with zero attached hydrogens (tertiary/aromatic N) is 4. The molecule has 290 valence electrons. The number of rotatable bonds is 5. The minimum atomic E-state index is -2.36. The number of benzene rings is 5. The first kappa shape index (κ1) is 35.5. The number of hydrogen-bond acceptors (Lipinski definition) is 4. The van der Waals surface area contributed by atoms with Crippen molar-refractivity contribution in [2.45, 2.75) is 85.4 Å². The molecule has 7 heteroatoms. The predicted molar refractivity (Wildman–Crippen MR) is 225 cm³/mol. The molecule has 2 aromatic heterocycles. The van der Waals surface area contributed by atoms with Crippen LogP contribution in [0.15, 0.2) is 103 Å². The summed E-state index contributed by atoms with van der Waals surface area (Å²) in [4.78, 5) is 8.70. The molecule has 5 nitrogen and oxygen atoms in total. The molecule has 8 rings (SSSR count). The van der Waals surface area contributed by atoms with E-state index in [0.29, 0.717) is 34.2 Å². The van der Waals surface area contributed by atoms with Crippen molar-refractivity contribution >= 4 is 44.6 Å². The molecule has 0 saturated heterocycles. The van der Waals surface area contributed by atoms with Gasteiger partial charge in [0.2, 0.25) is 0 Å². The first-order valence-corrected chi connectivity index (χ1v) is 18.7. The fraction of sp³-hybridized carbons (Fsp3) is 0.265. The summed E-state index contributed by atoms with van der Waals surface area (Å²) in [6.07, 6.45) is 1.80. The smallest absolute Gasteiger partial charge is 0.135 e. The Labute approximate surface area is 349 Å². The third kappa shape index (κ3) is 7.25. The Hall–Kier alpha value is -4.93. The van der Waals surface area contributed by atoms with Gasteiger partial charge < -0.3 is 19.1 Å². The van der Waals surface area contributed by atoms with Crippen LogP contribution in [-0.4, -0.2) is 9.55 Å². The van der Waals surface area contributed by atoms with Crippen LogP contribution < -0.4 is 14.5 Å². The van der Waals surface area contributed by atoms with E-state index in [1.807, 2.05) is 63.5 Å². The molecule has 0 fully saturated rings. The average molecular weight is 926 g/mol. The molecule has 0 aliphatic carbocycles. The van der Waals surface area contributed by atoms with E-state index in [1.54, 1.807) is 30.5 Å². The molecular formula is C49H48FN4OPt-3. The number of ether oxygens (including phenoxy) is 1. The van der Waals surface area contributed by atoms with Crippen LogP contribution in [0, 0.1) is 31.5 Å². The second-order valence-corrected chi connectivity index (χ2v) is 17.5. The minimum Gasteiger partial charge on any atom is -0.509 e. The third-order valence-corrected chi connectivity index (χ3v) is 10.4. The van der Waals surface area contributed by atoms with Gasteiger partial charge in [0.25, 0.3) is 0 Å². The van der Waals surface area contributed by atoms with Gasteiger partial charge in [-0.3, -0.25) is 0 Å². The third-order valence-electron chi connectivity index (χ3n) is 10.4. The van der Waals surface area contributed by atoms with Gasteiger partial charge in [-0.15, -0.1) is 48.1 Å². The molecule has 1 aliphatic rings. The first-order chi connectivity index (χ1) is 27.2. The molecule has 0 radical (unpaired) electrons. The van der Waals surface area contributed by atoms with Crippen LogP contribution in [0.1, 0.15) is 88.7 Å². The van der Waals surface area contributed by atoms with E-state index in [9.17, 15) is 4.39 Å². The Morgan fingerprint density at radius 2 is 1.39 bits per heavy atom. The molecule has 7 aromatic rings. The molecule has 0 unspecified atom stereocenters. The Kier molecular flexibility index (Phi) is 9.01. The zero-order valence-corrected chi connectivity index (χ0v) is 35.6. The molecule has 0 spiro atoms. The monoisotopic (exact) mass is 925 g/mol. The van der Waals surface area contributed by atoms with Gasteiger partial charge in [0, 0.05) is 65.5 Å². The van der Waals surface area contributed by atoms with Crippen molar-refractivity contribution in [2.24, 2.45) is 0 Å². The van der Waals surface area contributed by atoms with E-state index in [2.05, 4.69) is 98.7 Å². The normalized spacial score (nSPS) is 14.4. The molecule has 1 aliphatic heterocycles. The molecule has 0 amide bonds. The van der Waals surface area contributed by atoms with Gasteiger partial charge in [-0.1, -0.05) is 86.0 Å². The Morgan fingerprint density at radius 3 is 2.09 bits per heavy atom. The van der Waals surface area contributed by atoms with Crippen molar-refractivity contribution in [2.75, 3.05) is 9.80 Å². The Morgan fingerprint density at radius 1 is 0.696 bits per heavy atom. The second-order valence-electron chi connectivity index (χ2n) is 17.5. The average Bonchev–Trinajstić information content (AvgIpc) is 3.69. The zero-order valence-electron chi connectivity index (χ0n) is 36.3. The summed E-state index contributed by atoms with van der Waals surface area (Å²) in [6.45, 7) is 19.2. The van der Waals surface area contributed by atoms with Crippen molar-refractivity contribution in [3.8, 4) is 17.3 Å². The van der Waals surface area contributed by atoms with Crippen molar-refractivity contribution in [1.82, 2.24) is 9.55 Å². The summed E-state index contributed by atoms with van der Waals surface area (Å²) in [6, 6.07) is 37.2. The largest absolute Gasteiger partial charge is 0.509 e. The van der Waals surface area contributed by atoms with Crippen LogP contribution in [0.25, 0.3) is 27.6 Å². The topological polar surface area (TPSA) is 33.5 Å². The summed E-state index contributed by atoms with van der Waals surface area (Å²) in [5.41, 5.74) is 7.69. The van der Waals surface area contributed by atoms with E-state index in [0.717, 1.165) is 44.4 Å². The van der Waals surface area contributed by atoms with Crippen LogP contribution in [0.3, 0.4) is 0 Å². The van der Waals surface area contributed by atoms with Gasteiger partial charge in [-0.2, -0.15) is 12.1 Å². The van der Waals surface area contributed by atoms with E-state index in [1.165, 1.54) is 6.07 Å². The number of aromatic nitrogens is 2. The molecule has 5 aromatic carbocycles. The Bertz CT molecular complexity index is 2690. The zero-order chi connectivity index (χ0) is 41.5. The number of fused-ring (bicyclic) bond motifs is 4. The van der Waals surface area contributed by atoms with Gasteiger partial charge in [0.05, 0.1) is 0 Å². The van der Waals surface area contributed by atoms with E-state index in [-0.39, 0.29) is 48.7 Å². The van der Waals surface area contributed by atoms with Crippen molar-refractivity contribution in [1.29, 1.82) is 0 Å². The van der Waals surface area contributed by atoms with Crippen LogP contribution in [-0.2, 0) is 37.3 Å². The summed E-state index contributed by atoms with van der Waals surface area (Å²) in [5, 5.41) is 1.57. The van der Waals surface area contributed by atoms with Crippen LogP contribution >= 0.6 is 0 Å². The van der Waals surface area contributed by atoms with E-state index < -0.39 is 6.85 Å². The summed E-state index contributed by atoms with van der Waals surface area (Å²) in [7, 11) is 0. The van der Waals surface area contributed by atoms with Crippen molar-refractivity contribution < 1.29 is 34.3 Å². The molecule has 0 bridgehead atoms. The fourth-order valence-corrected chi connectivity index (χ4v) is 7.17. The van der Waals surface area contributed by atoms with E-state index in [4.69, 9.17) is 13.8 Å². The van der Waals surface area contributed by atoms with Crippen LogP contribution in [0.5, 0.6) is 11.5 Å². The maximum atomic E-state index is 14.7. The second kappa shape index (κ2) is 14.2. The van der Waals surface area contributed by atoms with Gasteiger partial charge in [0.1, 0.15) is 11.6 Å². The predicted octanol–water partition coefficient (Wildman–Crippen LogP) is 13.3. The van der Waals surface area contributed by atoms with E-state index >= 15 is 0 Å². The van der Waals surface area contributed by atoms with Gasteiger partial charge in [0.15, 0.2) is 0 Å². The number of halogens is 1. The van der Waals surface area contributed by atoms with Crippen molar-refractivity contribution in [3.63, 3.8) is 0 Å². The summed E-state index contributed by atoms with van der Waals surface area (Å²) >= 11 is 0. The van der Waals surface area contributed by atoms with Crippen LogP contribution in [0.2, 0.25) is 0 Å². The standard InChI is InChI=1S/C49H48FN4O.Pt/c1-31-13-11-16-43-46(31)53(37-24-33(48(5,6)7)23-34(25-37)49(8,9)10)30-52(43)36-14-12-15-38(28-36)55-39-18-19-40-41-27-35(50)17-20-42(41)54(44(40)29-39)45-26-32(21-22-51-45)47(2,3)4;/h11-27,30H,1-10H3;/q-3;/i1D3;. The number of anilines is 4. The molecule has 56 heavy (non-hydrogen) atoms. The summed E-state index contributed by atoms with van der Waals surface area (Å²) in [5.74, 6) is 1.27. The SMILES string of the molecule is [2H]C([2H])([2H])c1cccc2c1N(c1cc(C(C)(C)C)cc(C(C)(C)C)c1)[CH-]N2c1[c-]c(Oc2[c-]c3c(cc2)c2cc(F)ccc2n3-c2cc(C(C)(C)C)ccn2)ccc1.[Pt]. The van der Waals surface area contributed by atoms with Gasteiger partial charge >= 0.3 is 0 Å². The van der Waals surface area contributed by atoms with Crippen molar-refractivity contribution in [3.05, 3.63) is 150 Å². The van der Waals surface area contributed by atoms with Gasteiger partial charge in [-0.25, -0.2) is 9.37 Å². The fourth-order valence-electron chi connectivity index (χ4n) is 7.17. The quantitative estimate of drug-likeness (QED) is 0.161. The molecular weight excluding hydrogens is 875 g/mol. The molecule has 0 atom stereocenters. The van der Waals surface area contributed by atoms with Gasteiger partial charge in [-0.05, 0) is 99.3 Å².